The van der Waals surface area contributed by atoms with Crippen LogP contribution < -0.4 is 26.9 Å². The summed E-state index contributed by atoms with van der Waals surface area (Å²) in [5.41, 5.74) is 9.59. The molecule has 0 fully saturated rings. The summed E-state index contributed by atoms with van der Waals surface area (Å²) < 4.78 is 34.8. The smallest absolute Gasteiger partial charge is 0.295 e. The normalized spacial score (nSPS) is 12.1. The zero-order chi connectivity index (χ0) is 27.6. The first kappa shape index (κ1) is 27.6. The van der Waals surface area contributed by atoms with Crippen LogP contribution in [0.15, 0.2) is 35.6 Å². The van der Waals surface area contributed by atoms with Crippen LogP contribution in [0.25, 0.3) is 11.2 Å². The fourth-order valence-corrected chi connectivity index (χ4v) is 5.51. The molecule has 0 bridgehead atoms. The Kier molecular flexibility index (Phi) is 8.38. The number of nitrogens with one attached hydrogen (secondary N) is 2. The predicted molar refractivity (Wildman–Crippen MR) is 154 cm³/mol. The number of rotatable bonds is 9. The van der Waals surface area contributed by atoms with E-state index in [0.717, 1.165) is 16.5 Å². The third kappa shape index (κ3) is 5.68. The summed E-state index contributed by atoms with van der Waals surface area (Å²) in [7, 11) is 3.02. The summed E-state index contributed by atoms with van der Waals surface area (Å²) >= 11 is 2.02. The van der Waals surface area contributed by atoms with Crippen molar-refractivity contribution in [3.05, 3.63) is 53.2 Å². The van der Waals surface area contributed by atoms with Crippen molar-refractivity contribution in [1.82, 2.24) is 29.4 Å². The molecule has 0 amide bonds. The predicted octanol–water partition coefficient (Wildman–Crippen LogP) is 4.49. The number of aromatic nitrogens is 5. The Morgan fingerprint density at radius 3 is 2.55 bits per heavy atom. The van der Waals surface area contributed by atoms with Crippen molar-refractivity contribution in [2.24, 2.45) is 16.7 Å². The Morgan fingerprint density at radius 2 is 1.92 bits per heavy atom. The number of nitrogens with zero attached hydrogens (tertiary/aromatic N) is 7. The fraction of sp³-hybridized carbons (Fsp3) is 0.227. The molecule has 4 rings (SSSR count). The maximum atomic E-state index is 13.9. The number of alkyl halides is 2. The summed E-state index contributed by atoms with van der Waals surface area (Å²) in [4.78, 5) is 17.6. The van der Waals surface area contributed by atoms with Gasteiger partial charge in [-0.15, -0.1) is 5.10 Å². The van der Waals surface area contributed by atoms with Crippen LogP contribution in [0, 0.1) is 13.8 Å². The first-order chi connectivity index (χ1) is 18.1. The number of nitrogens with two attached hydrogens (primary N) is 2. The molecule has 0 aliphatic carbocycles. The lowest BCUT2D eigenvalue weighted by Gasteiger charge is -2.16. The number of amidine groups is 1. The molecular formula is C22H25F2IN11OP. The maximum Gasteiger partial charge on any atom is 0.295 e. The van der Waals surface area contributed by atoms with E-state index in [-0.39, 0.29) is 29.2 Å². The Labute approximate surface area is 231 Å². The molecular weight excluding hydrogens is 630 g/mol. The Morgan fingerprint density at radius 1 is 1.16 bits per heavy atom. The SMILES string of the molecule is COc1c(Nc2cc(Nc3cnc(C)c(C)n3)nc3c2nc(C(F)F)n3PI)cccc1/C(N)=N/N(C)N. The Hall–Kier alpha value is -3.43. The number of methoxy groups -OCH3 is 1. The molecule has 0 saturated heterocycles. The van der Waals surface area contributed by atoms with E-state index in [1.807, 2.05) is 35.9 Å². The van der Waals surface area contributed by atoms with E-state index in [1.54, 1.807) is 30.5 Å². The van der Waals surface area contributed by atoms with Crippen molar-refractivity contribution < 1.29 is 13.5 Å². The molecule has 200 valence electrons. The second-order valence-electron chi connectivity index (χ2n) is 8.04. The lowest BCUT2D eigenvalue weighted by molar-refractivity contribution is 0.140. The minimum atomic E-state index is -2.79. The van der Waals surface area contributed by atoms with Gasteiger partial charge in [-0.05, 0) is 48.0 Å². The summed E-state index contributed by atoms with van der Waals surface area (Å²) in [6.45, 7) is 3.70. The number of hydrazine groups is 1. The summed E-state index contributed by atoms with van der Waals surface area (Å²) in [6.07, 6.45) is -1.27. The Bertz CT molecular complexity index is 1510. The molecule has 3 heterocycles. The lowest BCUT2D eigenvalue weighted by atomic mass is 10.1. The van der Waals surface area contributed by atoms with Crippen LogP contribution in [0.5, 0.6) is 5.75 Å². The van der Waals surface area contributed by atoms with Crippen molar-refractivity contribution in [2.75, 3.05) is 24.8 Å². The highest BCUT2D eigenvalue weighted by Gasteiger charge is 2.23. The third-order valence-electron chi connectivity index (χ3n) is 5.40. The van der Waals surface area contributed by atoms with Crippen molar-refractivity contribution in [2.45, 2.75) is 20.3 Å². The monoisotopic (exact) mass is 655 g/mol. The van der Waals surface area contributed by atoms with Crippen molar-refractivity contribution in [1.29, 1.82) is 0 Å². The molecule has 1 atom stereocenters. The van der Waals surface area contributed by atoms with Gasteiger partial charge in [-0.1, -0.05) is 6.07 Å². The van der Waals surface area contributed by atoms with Crippen molar-refractivity contribution in [3.63, 3.8) is 0 Å². The van der Waals surface area contributed by atoms with Crippen LogP contribution in [0.1, 0.15) is 29.2 Å². The number of ether oxygens (including phenoxy) is 1. The van der Waals surface area contributed by atoms with E-state index in [1.165, 1.54) is 18.5 Å². The topological polar surface area (TPSA) is 157 Å². The van der Waals surface area contributed by atoms with Gasteiger partial charge in [0.2, 0.25) is 0 Å². The molecule has 4 aromatic rings. The van der Waals surface area contributed by atoms with Crippen LogP contribution in [0.4, 0.5) is 31.8 Å². The zero-order valence-corrected chi connectivity index (χ0v) is 23.9. The van der Waals surface area contributed by atoms with Crippen LogP contribution in [-0.2, 0) is 0 Å². The van der Waals surface area contributed by atoms with E-state index in [4.69, 9.17) is 16.3 Å². The van der Waals surface area contributed by atoms with Gasteiger partial charge in [0.15, 0.2) is 23.1 Å². The summed E-state index contributed by atoms with van der Waals surface area (Å²) in [5, 5.41) is 11.5. The van der Waals surface area contributed by atoms with E-state index < -0.39 is 6.43 Å². The summed E-state index contributed by atoms with van der Waals surface area (Å²) in [5.74, 6) is 6.54. The highest BCUT2D eigenvalue weighted by molar-refractivity contribution is 14.2. The minimum absolute atomic E-state index is 0.0609. The molecule has 3 aromatic heterocycles. The number of hydrogen-bond donors (Lipinski definition) is 4. The van der Waals surface area contributed by atoms with Gasteiger partial charge >= 0.3 is 0 Å². The quantitative estimate of drug-likeness (QED) is 0.0506. The van der Waals surface area contributed by atoms with Gasteiger partial charge in [-0.3, -0.25) is 9.32 Å². The molecule has 1 aromatic carbocycles. The van der Waals surface area contributed by atoms with Crippen LogP contribution >= 0.6 is 28.4 Å². The minimum Gasteiger partial charge on any atom is -0.494 e. The molecule has 12 nitrogen and oxygen atoms in total. The number of imidazole rings is 1. The highest BCUT2D eigenvalue weighted by Crippen LogP contribution is 2.40. The van der Waals surface area contributed by atoms with Gasteiger partial charge < -0.3 is 21.1 Å². The van der Waals surface area contributed by atoms with Crippen molar-refractivity contribution >= 4 is 68.4 Å². The Balaban J connectivity index is 1.87. The molecule has 0 aliphatic heterocycles. The third-order valence-corrected chi connectivity index (χ3v) is 7.46. The standard InChI is InChI=1S/C22H25F2IN11OP/c1-10-11(2)29-16(9-28-10)31-15-8-14(17-21(32-15)36(38-25)22(33-17)19(23)24)30-13-7-5-6-12(18(13)37-4)20(26)34-35(3)27/h5-9,19,38H,27H2,1-4H3,(H2,26,34)(H2,29,30,31,32). The van der Waals surface area contributed by atoms with E-state index in [9.17, 15) is 8.78 Å². The number of halogens is 3. The van der Waals surface area contributed by atoms with E-state index in [0.29, 0.717) is 34.3 Å². The number of aryl methyl sites for hydroxylation is 2. The van der Waals surface area contributed by atoms with Crippen LogP contribution in [0.2, 0.25) is 0 Å². The lowest BCUT2D eigenvalue weighted by Crippen LogP contribution is -2.26. The van der Waals surface area contributed by atoms with Crippen molar-refractivity contribution in [3.8, 4) is 5.75 Å². The van der Waals surface area contributed by atoms with Gasteiger partial charge in [-0.25, -0.2) is 34.7 Å². The van der Waals surface area contributed by atoms with E-state index in [2.05, 4.69) is 35.7 Å². The number of fused-ring (bicyclic) bond motifs is 1. The average molecular weight is 655 g/mol. The van der Waals surface area contributed by atoms with Gasteiger partial charge in [0.05, 0.1) is 48.0 Å². The molecule has 38 heavy (non-hydrogen) atoms. The molecule has 16 heteroatoms. The molecule has 0 spiro atoms. The van der Waals surface area contributed by atoms with Gasteiger partial charge in [-0.2, -0.15) is 0 Å². The summed E-state index contributed by atoms with van der Waals surface area (Å²) in [6, 6.07) is 6.87. The number of benzene rings is 1. The second kappa shape index (κ2) is 11.5. The van der Waals surface area contributed by atoms with Gasteiger partial charge in [0.25, 0.3) is 6.43 Å². The maximum absolute atomic E-state index is 13.9. The molecule has 0 saturated carbocycles. The second-order valence-corrected chi connectivity index (χ2v) is 10.1. The van der Waals surface area contributed by atoms with Gasteiger partial charge in [0, 0.05) is 13.1 Å². The van der Waals surface area contributed by atoms with E-state index >= 15 is 0 Å². The van der Waals surface area contributed by atoms with Crippen LogP contribution in [0.3, 0.4) is 0 Å². The zero-order valence-electron chi connectivity index (χ0n) is 20.8. The largest absolute Gasteiger partial charge is 0.494 e. The molecule has 0 aliphatic rings. The number of hydrogen-bond acceptors (Lipinski definition) is 10. The number of anilines is 4. The highest BCUT2D eigenvalue weighted by atomic mass is 127. The number of pyridine rings is 1. The fourth-order valence-electron chi connectivity index (χ4n) is 3.61. The molecule has 0 radical (unpaired) electrons. The van der Waals surface area contributed by atoms with Gasteiger partial charge in [0.1, 0.15) is 17.2 Å². The number of para-hydroxylation sites is 1. The first-order valence-corrected chi connectivity index (χ1v) is 15.1. The molecule has 6 N–H and O–H groups in total. The molecule has 1 unspecified atom stereocenters. The van der Waals surface area contributed by atoms with Crippen LogP contribution in [-0.4, -0.2) is 49.4 Å². The first-order valence-electron chi connectivity index (χ1n) is 11.0. The number of hydrazone groups is 1. The average Bonchev–Trinajstić information content (AvgIpc) is 3.25.